The summed E-state index contributed by atoms with van der Waals surface area (Å²) in [6.45, 7) is 1.88. The Labute approximate surface area is 75.8 Å². The summed E-state index contributed by atoms with van der Waals surface area (Å²) in [6, 6.07) is 4.72. The highest BCUT2D eigenvalue weighted by Gasteiger charge is 2.31. The van der Waals surface area contributed by atoms with Crippen LogP contribution in [0.15, 0.2) is 18.2 Å². The lowest BCUT2D eigenvalue weighted by Crippen LogP contribution is -2.11. The molecule has 2 nitrogen and oxygen atoms in total. The largest absolute Gasteiger partial charge is 0.325 e. The molecule has 0 bridgehead atoms. The van der Waals surface area contributed by atoms with Gasteiger partial charge in [0.05, 0.1) is 5.92 Å². The molecule has 1 amide bonds. The molecule has 1 N–H and O–H groups in total. The van der Waals surface area contributed by atoms with Crippen molar-refractivity contribution < 1.29 is 9.18 Å². The molecule has 0 radical (unpaired) electrons. The second-order valence-corrected chi connectivity index (χ2v) is 3.15. The highest BCUT2D eigenvalue weighted by atomic mass is 19.1. The maximum Gasteiger partial charge on any atom is 0.232 e. The number of amides is 1. The van der Waals surface area contributed by atoms with E-state index in [-0.39, 0.29) is 17.6 Å². The molecule has 0 aliphatic carbocycles. The predicted octanol–water partition coefficient (Wildman–Crippen LogP) is 2.27. The van der Waals surface area contributed by atoms with Crippen molar-refractivity contribution in [1.29, 1.82) is 0 Å². The van der Waals surface area contributed by atoms with Crippen LogP contribution in [-0.2, 0) is 4.79 Å². The first kappa shape index (κ1) is 8.23. The van der Waals surface area contributed by atoms with Crippen molar-refractivity contribution in [3.05, 3.63) is 29.6 Å². The Morgan fingerprint density at radius 3 is 3.00 bits per heavy atom. The molecule has 0 saturated carbocycles. The van der Waals surface area contributed by atoms with Crippen LogP contribution < -0.4 is 5.32 Å². The summed E-state index contributed by atoms with van der Waals surface area (Å²) >= 11 is 0. The Balaban J connectivity index is 2.55. The van der Waals surface area contributed by atoms with Crippen molar-refractivity contribution in [2.45, 2.75) is 19.3 Å². The van der Waals surface area contributed by atoms with E-state index in [0.717, 1.165) is 0 Å². The molecule has 0 spiro atoms. The lowest BCUT2D eigenvalue weighted by atomic mass is 9.98. The fraction of sp³-hybridized carbons (Fsp3) is 0.300. The molecule has 0 aromatic heterocycles. The standard InChI is InChI=1S/C10H10FNO/c1-2-6-9-7(11)4-3-5-8(9)12-10(6)13/h3-6H,2H2,1H3,(H,12,13). The van der Waals surface area contributed by atoms with Crippen LogP contribution in [0.5, 0.6) is 0 Å². The number of benzene rings is 1. The average molecular weight is 179 g/mol. The molecule has 1 atom stereocenters. The monoisotopic (exact) mass is 179 g/mol. The van der Waals surface area contributed by atoms with Gasteiger partial charge in [0.1, 0.15) is 5.82 Å². The predicted molar refractivity (Wildman–Crippen MR) is 48.1 cm³/mol. The van der Waals surface area contributed by atoms with Crippen LogP contribution in [0.4, 0.5) is 10.1 Å². The zero-order chi connectivity index (χ0) is 9.42. The van der Waals surface area contributed by atoms with Crippen molar-refractivity contribution in [1.82, 2.24) is 0 Å². The lowest BCUT2D eigenvalue weighted by Gasteiger charge is -2.04. The first-order valence-electron chi connectivity index (χ1n) is 4.33. The molecule has 1 aromatic rings. The summed E-state index contributed by atoms with van der Waals surface area (Å²) in [6.07, 6.45) is 0.639. The zero-order valence-corrected chi connectivity index (χ0v) is 7.30. The molecule has 1 aromatic carbocycles. The van der Waals surface area contributed by atoms with Crippen molar-refractivity contribution in [2.24, 2.45) is 0 Å². The number of halogens is 1. The minimum Gasteiger partial charge on any atom is -0.325 e. The highest BCUT2D eigenvalue weighted by molar-refractivity contribution is 6.02. The third kappa shape index (κ3) is 1.11. The van der Waals surface area contributed by atoms with Crippen LogP contribution in [0.1, 0.15) is 24.8 Å². The number of nitrogens with one attached hydrogen (secondary N) is 1. The van der Waals surface area contributed by atoms with E-state index in [9.17, 15) is 9.18 Å². The van der Waals surface area contributed by atoms with Crippen LogP contribution in [0.3, 0.4) is 0 Å². The molecule has 68 valence electrons. The summed E-state index contributed by atoms with van der Waals surface area (Å²) in [5.41, 5.74) is 1.15. The van der Waals surface area contributed by atoms with Gasteiger partial charge in [-0.15, -0.1) is 0 Å². The van der Waals surface area contributed by atoms with Crippen molar-refractivity contribution in [3.8, 4) is 0 Å². The van der Waals surface area contributed by atoms with Gasteiger partial charge in [0.15, 0.2) is 0 Å². The quantitative estimate of drug-likeness (QED) is 0.704. The van der Waals surface area contributed by atoms with E-state index in [4.69, 9.17) is 0 Å². The van der Waals surface area contributed by atoms with Crippen molar-refractivity contribution in [3.63, 3.8) is 0 Å². The van der Waals surface area contributed by atoms with E-state index in [1.165, 1.54) is 6.07 Å². The number of carbonyl (C=O) groups is 1. The third-order valence-corrected chi connectivity index (χ3v) is 2.38. The van der Waals surface area contributed by atoms with E-state index in [0.29, 0.717) is 17.7 Å². The molecule has 1 aliphatic heterocycles. The minimum absolute atomic E-state index is 0.0948. The lowest BCUT2D eigenvalue weighted by molar-refractivity contribution is -0.117. The Bertz CT molecular complexity index is 362. The van der Waals surface area contributed by atoms with Gasteiger partial charge in [0.25, 0.3) is 0 Å². The molecular formula is C10H10FNO. The number of anilines is 1. The van der Waals surface area contributed by atoms with Crippen LogP contribution in [0.2, 0.25) is 0 Å². The number of hydrogen-bond acceptors (Lipinski definition) is 1. The summed E-state index contributed by atoms with van der Waals surface area (Å²) in [5.74, 6) is -0.693. The van der Waals surface area contributed by atoms with Crippen molar-refractivity contribution >= 4 is 11.6 Å². The van der Waals surface area contributed by atoms with Gasteiger partial charge in [0.2, 0.25) is 5.91 Å². The summed E-state index contributed by atoms with van der Waals surface area (Å²) in [5, 5.41) is 2.66. The Kier molecular flexibility index (Phi) is 1.79. The summed E-state index contributed by atoms with van der Waals surface area (Å²) in [7, 11) is 0. The molecule has 0 fully saturated rings. The highest BCUT2D eigenvalue weighted by Crippen LogP contribution is 2.35. The number of fused-ring (bicyclic) bond motifs is 1. The van der Waals surface area contributed by atoms with E-state index >= 15 is 0 Å². The van der Waals surface area contributed by atoms with Gasteiger partial charge < -0.3 is 5.32 Å². The summed E-state index contributed by atoms with van der Waals surface area (Å²) in [4.78, 5) is 11.3. The smallest absolute Gasteiger partial charge is 0.232 e. The van der Waals surface area contributed by atoms with Gasteiger partial charge in [-0.3, -0.25) is 4.79 Å². The first-order valence-corrected chi connectivity index (χ1v) is 4.33. The normalized spacial score (nSPS) is 19.8. The maximum atomic E-state index is 13.3. The van der Waals surface area contributed by atoms with E-state index in [2.05, 4.69) is 5.32 Å². The molecule has 1 aliphatic rings. The third-order valence-electron chi connectivity index (χ3n) is 2.38. The van der Waals surface area contributed by atoms with Gasteiger partial charge in [-0.05, 0) is 18.6 Å². The van der Waals surface area contributed by atoms with Gasteiger partial charge in [-0.1, -0.05) is 13.0 Å². The van der Waals surface area contributed by atoms with Crippen LogP contribution >= 0.6 is 0 Å². The van der Waals surface area contributed by atoms with Gasteiger partial charge in [-0.25, -0.2) is 4.39 Å². The van der Waals surface area contributed by atoms with Crippen LogP contribution in [0, 0.1) is 5.82 Å². The number of carbonyl (C=O) groups excluding carboxylic acids is 1. The van der Waals surface area contributed by atoms with Gasteiger partial charge >= 0.3 is 0 Å². The SMILES string of the molecule is CCC1C(=O)Nc2cccc(F)c21. The van der Waals surface area contributed by atoms with Crippen LogP contribution in [0.25, 0.3) is 0 Å². The number of hydrogen-bond donors (Lipinski definition) is 1. The van der Waals surface area contributed by atoms with Gasteiger partial charge in [-0.2, -0.15) is 0 Å². The second-order valence-electron chi connectivity index (χ2n) is 3.15. The fourth-order valence-corrected chi connectivity index (χ4v) is 1.74. The average Bonchev–Trinajstić information content (AvgIpc) is 2.42. The fourth-order valence-electron chi connectivity index (χ4n) is 1.74. The van der Waals surface area contributed by atoms with Gasteiger partial charge in [0, 0.05) is 11.3 Å². The first-order chi connectivity index (χ1) is 6.24. The van der Waals surface area contributed by atoms with E-state index < -0.39 is 0 Å². The zero-order valence-electron chi connectivity index (χ0n) is 7.30. The molecule has 13 heavy (non-hydrogen) atoms. The molecule has 0 saturated heterocycles. The molecule has 3 heteroatoms. The van der Waals surface area contributed by atoms with E-state index in [1.807, 2.05) is 6.92 Å². The molecule has 1 unspecified atom stereocenters. The molecule has 1 heterocycles. The van der Waals surface area contributed by atoms with Crippen LogP contribution in [-0.4, -0.2) is 5.91 Å². The Morgan fingerprint density at radius 2 is 2.31 bits per heavy atom. The Hall–Kier alpha value is -1.38. The summed E-state index contributed by atoms with van der Waals surface area (Å²) < 4.78 is 13.3. The molecular weight excluding hydrogens is 169 g/mol. The topological polar surface area (TPSA) is 29.1 Å². The maximum absolute atomic E-state index is 13.3. The molecule has 2 rings (SSSR count). The number of rotatable bonds is 1. The van der Waals surface area contributed by atoms with Crippen molar-refractivity contribution in [2.75, 3.05) is 5.32 Å². The second kappa shape index (κ2) is 2.83. The van der Waals surface area contributed by atoms with E-state index in [1.54, 1.807) is 12.1 Å². The minimum atomic E-state index is -0.309. The Morgan fingerprint density at radius 1 is 1.54 bits per heavy atom.